The zero-order valence-corrected chi connectivity index (χ0v) is 36.9. The number of carbonyl (C=O) groups is 3. The Hall–Kier alpha value is -2.57. The molecule has 0 heterocycles. The number of carboxylic acid groups (broad SMARTS) is 2. The molecule has 0 amide bonds. The number of para-hydroxylation sites is 1. The summed E-state index contributed by atoms with van der Waals surface area (Å²) in [7, 11) is 0. The normalized spacial score (nSPS) is 12.4. The van der Waals surface area contributed by atoms with Gasteiger partial charge in [-0.05, 0) is 44.2 Å². The maximum Gasteiger partial charge on any atom is 0.312 e. The lowest BCUT2D eigenvalue weighted by molar-refractivity contribution is -0.158. The predicted octanol–water partition coefficient (Wildman–Crippen LogP) is 15.2. The van der Waals surface area contributed by atoms with E-state index in [2.05, 4.69) is 6.92 Å². The van der Waals surface area contributed by atoms with E-state index in [4.69, 9.17) is 19.7 Å². The van der Waals surface area contributed by atoms with Crippen molar-refractivity contribution in [2.45, 2.75) is 244 Å². The lowest BCUT2D eigenvalue weighted by Crippen LogP contribution is -2.34. The van der Waals surface area contributed by atoms with Gasteiger partial charge in [0, 0.05) is 12.8 Å². The number of rotatable bonds is 44. The minimum Gasteiger partial charge on any atom is -0.490 e. The summed E-state index contributed by atoms with van der Waals surface area (Å²) in [6, 6.07) is 9.77. The van der Waals surface area contributed by atoms with Crippen molar-refractivity contribution in [3.05, 3.63) is 30.3 Å². The molecule has 1 atom stereocenters. The highest BCUT2D eigenvalue weighted by molar-refractivity contribution is 5.76. The maximum atomic E-state index is 14.1. The van der Waals surface area contributed by atoms with Gasteiger partial charge < -0.3 is 19.7 Å². The van der Waals surface area contributed by atoms with Gasteiger partial charge in [-0.2, -0.15) is 0 Å². The van der Waals surface area contributed by atoms with Crippen LogP contribution in [0.25, 0.3) is 0 Å². The van der Waals surface area contributed by atoms with Crippen LogP contribution in [0.15, 0.2) is 30.3 Å². The van der Waals surface area contributed by atoms with Gasteiger partial charge in [-0.15, -0.1) is 0 Å². The first-order valence-electron chi connectivity index (χ1n) is 24.2. The van der Waals surface area contributed by atoms with Gasteiger partial charge in [0.1, 0.15) is 19.0 Å². The van der Waals surface area contributed by atoms with Crippen molar-refractivity contribution in [1.82, 2.24) is 0 Å². The molecule has 0 bridgehead atoms. The number of esters is 1. The van der Waals surface area contributed by atoms with Gasteiger partial charge >= 0.3 is 17.9 Å². The van der Waals surface area contributed by atoms with Gasteiger partial charge in [-0.3, -0.25) is 14.4 Å². The van der Waals surface area contributed by atoms with E-state index in [0.717, 1.165) is 82.8 Å². The van der Waals surface area contributed by atoms with Crippen LogP contribution in [0.1, 0.15) is 244 Å². The molecule has 0 aromatic heterocycles. The predicted molar refractivity (Wildman–Crippen MR) is 237 cm³/mol. The van der Waals surface area contributed by atoms with Crippen molar-refractivity contribution >= 4 is 17.9 Å². The molecule has 1 aromatic carbocycles. The Labute approximate surface area is 350 Å². The Morgan fingerprint density at radius 2 is 0.754 bits per heavy atom. The summed E-state index contributed by atoms with van der Waals surface area (Å²) in [6.07, 6.45) is 41.6. The van der Waals surface area contributed by atoms with Gasteiger partial charge in [0.2, 0.25) is 0 Å². The van der Waals surface area contributed by atoms with Crippen LogP contribution < -0.4 is 4.74 Å². The highest BCUT2D eigenvalue weighted by Gasteiger charge is 2.38. The molecule has 330 valence electrons. The van der Waals surface area contributed by atoms with Gasteiger partial charge in [0.05, 0.1) is 5.41 Å². The zero-order valence-electron chi connectivity index (χ0n) is 36.9. The smallest absolute Gasteiger partial charge is 0.312 e. The van der Waals surface area contributed by atoms with E-state index >= 15 is 0 Å². The molecule has 0 spiro atoms. The monoisotopic (exact) mass is 801 g/mol. The van der Waals surface area contributed by atoms with Crippen LogP contribution in [-0.4, -0.2) is 41.3 Å². The third kappa shape index (κ3) is 33.0. The first kappa shape index (κ1) is 52.4. The van der Waals surface area contributed by atoms with Crippen LogP contribution in [0.3, 0.4) is 0 Å². The summed E-state index contributed by atoms with van der Waals surface area (Å²) in [5, 5.41) is 17.6. The first-order valence-corrected chi connectivity index (χ1v) is 24.2. The standard InChI is InChI=1S/C50H88O7/c1-2-3-4-5-6-21-26-34-41-50(49(55)57-45-44-56-46-37-30-29-31-38-46,43-36-28-23-18-14-10-12-16-20-25-33-40-48(53)54)42-35-27-22-17-13-9-7-8-11-15-19-24-32-39-47(51)52/h29-31,37-38H,2-28,32-36,39-45H2,1H3,(H,51,52)(H,53,54). The fraction of sp³-hybridized carbons (Fsp3) is 0.820. The van der Waals surface area contributed by atoms with Gasteiger partial charge in [0.25, 0.3) is 0 Å². The molecule has 0 saturated heterocycles. The Morgan fingerprint density at radius 3 is 1.09 bits per heavy atom. The van der Waals surface area contributed by atoms with Crippen molar-refractivity contribution in [2.75, 3.05) is 13.2 Å². The summed E-state index contributed by atoms with van der Waals surface area (Å²) in [5.74, 6) is -0.552. The summed E-state index contributed by atoms with van der Waals surface area (Å²) < 4.78 is 12.0. The van der Waals surface area contributed by atoms with Gasteiger partial charge in [-0.1, -0.05) is 218 Å². The number of unbranched alkanes of at least 4 members (excludes halogenated alkanes) is 29. The third-order valence-electron chi connectivity index (χ3n) is 11.9. The van der Waals surface area contributed by atoms with Crippen LogP contribution in [0.4, 0.5) is 0 Å². The lowest BCUT2D eigenvalue weighted by Gasteiger charge is -2.32. The Morgan fingerprint density at radius 1 is 0.439 bits per heavy atom. The molecule has 0 aliphatic carbocycles. The molecule has 1 aromatic rings. The number of hydrogen-bond donors (Lipinski definition) is 2. The molecular weight excluding hydrogens is 713 g/mol. The molecule has 0 aliphatic rings. The summed E-state index contributed by atoms with van der Waals surface area (Å²) >= 11 is 0. The van der Waals surface area contributed by atoms with E-state index in [1.807, 2.05) is 30.3 Å². The maximum absolute atomic E-state index is 14.1. The fourth-order valence-corrected chi connectivity index (χ4v) is 8.26. The Bertz CT molecular complexity index is 1060. The van der Waals surface area contributed by atoms with Crippen molar-refractivity contribution in [1.29, 1.82) is 0 Å². The molecule has 2 N–H and O–H groups in total. The largest absolute Gasteiger partial charge is 0.490 e. The van der Waals surface area contributed by atoms with Crippen LogP contribution in [0.5, 0.6) is 5.75 Å². The second-order valence-corrected chi connectivity index (χ2v) is 17.1. The molecule has 7 heteroatoms. The van der Waals surface area contributed by atoms with Crippen LogP contribution in [0, 0.1) is 5.41 Å². The van der Waals surface area contributed by atoms with Crippen LogP contribution >= 0.6 is 0 Å². The molecule has 0 radical (unpaired) electrons. The molecule has 0 aliphatic heterocycles. The number of hydrogen-bond acceptors (Lipinski definition) is 5. The van der Waals surface area contributed by atoms with Crippen molar-refractivity contribution in [3.8, 4) is 5.75 Å². The number of carboxylic acids is 2. The van der Waals surface area contributed by atoms with Crippen LogP contribution in [-0.2, 0) is 19.1 Å². The topological polar surface area (TPSA) is 110 Å². The zero-order chi connectivity index (χ0) is 41.3. The SMILES string of the molecule is CCCCCCCCCCC(CCCCCCCCCCCCCCCC(=O)O)(CCCCCCCCCCCCCC(=O)O)C(=O)OCCOc1ccccc1. The minimum absolute atomic E-state index is 0.00680. The molecular formula is C50H88O7. The van der Waals surface area contributed by atoms with Crippen LogP contribution in [0.2, 0.25) is 0 Å². The van der Waals surface area contributed by atoms with E-state index in [1.54, 1.807) is 0 Å². The molecule has 0 fully saturated rings. The quantitative estimate of drug-likeness (QED) is 0.0499. The highest BCUT2D eigenvalue weighted by Crippen LogP contribution is 2.39. The Balaban J connectivity index is 2.60. The lowest BCUT2D eigenvalue weighted by atomic mass is 9.74. The fourth-order valence-electron chi connectivity index (χ4n) is 8.26. The third-order valence-corrected chi connectivity index (χ3v) is 11.9. The summed E-state index contributed by atoms with van der Waals surface area (Å²) in [4.78, 5) is 35.5. The molecule has 1 unspecified atom stereocenters. The van der Waals surface area contributed by atoms with E-state index in [1.165, 1.54) is 148 Å². The number of ether oxygens (including phenoxy) is 2. The highest BCUT2D eigenvalue weighted by atomic mass is 16.6. The number of aliphatic carboxylic acids is 2. The number of benzene rings is 1. The van der Waals surface area contributed by atoms with Crippen molar-refractivity contribution in [2.24, 2.45) is 5.41 Å². The minimum atomic E-state index is -0.685. The first-order chi connectivity index (χ1) is 27.9. The second kappa shape index (κ2) is 38.9. The average Bonchev–Trinajstić information content (AvgIpc) is 3.20. The van der Waals surface area contributed by atoms with E-state index < -0.39 is 17.4 Å². The molecule has 57 heavy (non-hydrogen) atoms. The summed E-state index contributed by atoms with van der Waals surface area (Å²) in [5.41, 5.74) is -0.400. The molecule has 0 saturated carbocycles. The van der Waals surface area contributed by atoms with Gasteiger partial charge in [-0.25, -0.2) is 0 Å². The second-order valence-electron chi connectivity index (χ2n) is 17.1. The van der Waals surface area contributed by atoms with E-state index in [9.17, 15) is 14.4 Å². The van der Waals surface area contributed by atoms with Gasteiger partial charge in [0.15, 0.2) is 0 Å². The number of carbonyl (C=O) groups excluding carboxylic acids is 1. The summed E-state index contributed by atoms with van der Waals surface area (Å²) in [6.45, 7) is 2.93. The molecule has 7 nitrogen and oxygen atoms in total. The van der Waals surface area contributed by atoms with Crippen molar-refractivity contribution in [3.63, 3.8) is 0 Å². The Kier molecular flexibility index (Phi) is 35.8. The van der Waals surface area contributed by atoms with E-state index in [-0.39, 0.29) is 12.6 Å². The van der Waals surface area contributed by atoms with E-state index in [0.29, 0.717) is 19.4 Å². The van der Waals surface area contributed by atoms with Crippen molar-refractivity contribution < 1.29 is 34.1 Å². The average molecular weight is 801 g/mol. The molecule has 1 rings (SSSR count).